The molecule has 0 spiro atoms. The molecule has 1 aromatic carbocycles. The van der Waals surface area contributed by atoms with Gasteiger partial charge in [0, 0.05) is 12.0 Å². The zero-order valence-corrected chi connectivity index (χ0v) is 11.0. The molecule has 6 heteroatoms. The molecular formula is C13H15FN2O2S. The zero-order chi connectivity index (χ0) is 14.0. The molecule has 1 aliphatic carbocycles. The topological polar surface area (TPSA) is 75.3 Å². The number of amides is 1. The minimum absolute atomic E-state index is 0.0622. The van der Waals surface area contributed by atoms with Crippen molar-refractivity contribution >= 4 is 23.1 Å². The number of benzene rings is 1. The summed E-state index contributed by atoms with van der Waals surface area (Å²) < 4.78 is 13.6. The van der Waals surface area contributed by atoms with Crippen molar-refractivity contribution < 1.29 is 14.3 Å². The Kier molecular flexibility index (Phi) is 3.99. The maximum Gasteiger partial charge on any atom is 0.258 e. The van der Waals surface area contributed by atoms with Crippen LogP contribution in [0.15, 0.2) is 18.2 Å². The number of carbonyl (C=O) groups is 1. The molecule has 0 bridgehead atoms. The fourth-order valence-corrected chi connectivity index (χ4v) is 2.73. The van der Waals surface area contributed by atoms with Crippen LogP contribution < -0.4 is 11.1 Å². The van der Waals surface area contributed by atoms with Crippen molar-refractivity contribution in [2.75, 3.05) is 0 Å². The van der Waals surface area contributed by atoms with Crippen LogP contribution in [-0.2, 0) is 0 Å². The smallest absolute Gasteiger partial charge is 0.258 e. The molecule has 19 heavy (non-hydrogen) atoms. The summed E-state index contributed by atoms with van der Waals surface area (Å²) in [4.78, 5) is 12.4. The SMILES string of the molecule is NC(=S)C1CCCC1NC(=O)c1c(O)cccc1F. The van der Waals surface area contributed by atoms with Gasteiger partial charge >= 0.3 is 0 Å². The van der Waals surface area contributed by atoms with Crippen LogP contribution in [-0.4, -0.2) is 22.0 Å². The molecular weight excluding hydrogens is 267 g/mol. The predicted octanol–water partition coefficient (Wildman–Crippen LogP) is 1.72. The standard InChI is InChI=1S/C13H15FN2O2S/c14-8-4-2-6-10(17)11(8)13(18)16-9-5-1-3-7(9)12(15)19/h2,4,6-7,9,17H,1,3,5H2,(H2,15,19)(H,16,18). The van der Waals surface area contributed by atoms with Gasteiger partial charge in [0.15, 0.2) is 0 Å². The molecule has 2 atom stereocenters. The highest BCUT2D eigenvalue weighted by molar-refractivity contribution is 7.80. The van der Waals surface area contributed by atoms with E-state index in [2.05, 4.69) is 5.32 Å². The van der Waals surface area contributed by atoms with E-state index in [-0.39, 0.29) is 23.3 Å². The van der Waals surface area contributed by atoms with E-state index in [4.69, 9.17) is 18.0 Å². The Morgan fingerprint density at radius 3 is 2.84 bits per heavy atom. The number of aromatic hydroxyl groups is 1. The van der Waals surface area contributed by atoms with Gasteiger partial charge in [-0.1, -0.05) is 24.7 Å². The fourth-order valence-electron chi connectivity index (χ4n) is 2.45. The molecule has 1 saturated carbocycles. The lowest BCUT2D eigenvalue weighted by Crippen LogP contribution is -2.42. The van der Waals surface area contributed by atoms with Crippen LogP contribution >= 0.6 is 12.2 Å². The van der Waals surface area contributed by atoms with Crippen LogP contribution in [0.5, 0.6) is 5.75 Å². The van der Waals surface area contributed by atoms with Gasteiger partial charge in [0.25, 0.3) is 5.91 Å². The second kappa shape index (κ2) is 5.52. The number of hydrogen-bond donors (Lipinski definition) is 3. The Balaban J connectivity index is 2.15. The first-order chi connectivity index (χ1) is 9.00. The van der Waals surface area contributed by atoms with Gasteiger partial charge in [0.2, 0.25) is 0 Å². The number of phenols is 1. The summed E-state index contributed by atoms with van der Waals surface area (Å²) in [7, 11) is 0. The van der Waals surface area contributed by atoms with Crippen molar-refractivity contribution in [2.45, 2.75) is 25.3 Å². The molecule has 0 heterocycles. The van der Waals surface area contributed by atoms with Gasteiger partial charge in [-0.05, 0) is 25.0 Å². The van der Waals surface area contributed by atoms with E-state index in [1.807, 2.05) is 0 Å². The number of nitrogens with two attached hydrogens (primary N) is 1. The van der Waals surface area contributed by atoms with Gasteiger partial charge < -0.3 is 16.2 Å². The normalized spacial score (nSPS) is 22.2. The van der Waals surface area contributed by atoms with Gasteiger partial charge in [-0.2, -0.15) is 0 Å². The summed E-state index contributed by atoms with van der Waals surface area (Å²) in [6.07, 6.45) is 2.49. The zero-order valence-electron chi connectivity index (χ0n) is 10.2. The summed E-state index contributed by atoms with van der Waals surface area (Å²) in [6.45, 7) is 0. The van der Waals surface area contributed by atoms with Crippen LogP contribution in [0.3, 0.4) is 0 Å². The number of hydrogen-bond acceptors (Lipinski definition) is 3. The third-order valence-electron chi connectivity index (χ3n) is 3.42. The maximum absolute atomic E-state index is 13.6. The van der Waals surface area contributed by atoms with Crippen LogP contribution in [0.25, 0.3) is 0 Å². The number of phenolic OH excluding ortho intramolecular Hbond substituents is 1. The van der Waals surface area contributed by atoms with E-state index >= 15 is 0 Å². The number of rotatable bonds is 3. The minimum atomic E-state index is -0.748. The Labute approximate surface area is 115 Å². The van der Waals surface area contributed by atoms with Gasteiger partial charge in [-0.15, -0.1) is 0 Å². The van der Waals surface area contributed by atoms with E-state index in [1.54, 1.807) is 0 Å². The van der Waals surface area contributed by atoms with E-state index in [1.165, 1.54) is 12.1 Å². The molecule has 2 rings (SSSR count). The maximum atomic E-state index is 13.6. The van der Waals surface area contributed by atoms with Gasteiger partial charge in [-0.25, -0.2) is 4.39 Å². The lowest BCUT2D eigenvalue weighted by molar-refractivity contribution is 0.0927. The van der Waals surface area contributed by atoms with Crippen molar-refractivity contribution in [1.82, 2.24) is 5.32 Å². The molecule has 4 nitrogen and oxygen atoms in total. The molecule has 1 amide bonds. The summed E-state index contributed by atoms with van der Waals surface area (Å²) in [5.74, 6) is -1.82. The summed E-state index contributed by atoms with van der Waals surface area (Å²) in [6, 6.07) is 3.56. The summed E-state index contributed by atoms with van der Waals surface area (Å²) in [5, 5.41) is 12.3. The molecule has 0 aromatic heterocycles. The Morgan fingerprint density at radius 2 is 2.21 bits per heavy atom. The molecule has 1 aromatic rings. The molecule has 102 valence electrons. The first-order valence-corrected chi connectivity index (χ1v) is 6.49. The van der Waals surface area contributed by atoms with Crippen molar-refractivity contribution in [3.05, 3.63) is 29.6 Å². The highest BCUT2D eigenvalue weighted by Crippen LogP contribution is 2.27. The third-order valence-corrected chi connectivity index (χ3v) is 3.72. The lowest BCUT2D eigenvalue weighted by Gasteiger charge is -2.20. The van der Waals surface area contributed by atoms with E-state index in [9.17, 15) is 14.3 Å². The van der Waals surface area contributed by atoms with Gasteiger partial charge in [0.05, 0.1) is 4.99 Å². The molecule has 0 radical (unpaired) electrons. The number of carbonyl (C=O) groups excluding carboxylic acids is 1. The highest BCUT2D eigenvalue weighted by Gasteiger charge is 2.31. The summed E-state index contributed by atoms with van der Waals surface area (Å²) >= 11 is 4.96. The van der Waals surface area contributed by atoms with Crippen molar-refractivity contribution in [2.24, 2.45) is 11.7 Å². The van der Waals surface area contributed by atoms with Crippen LogP contribution in [0.1, 0.15) is 29.6 Å². The molecule has 4 N–H and O–H groups in total. The average molecular weight is 282 g/mol. The van der Waals surface area contributed by atoms with Crippen LogP contribution in [0.4, 0.5) is 4.39 Å². The van der Waals surface area contributed by atoms with E-state index in [0.29, 0.717) is 4.99 Å². The predicted molar refractivity (Wildman–Crippen MR) is 73.4 cm³/mol. The van der Waals surface area contributed by atoms with Gasteiger partial charge in [0.1, 0.15) is 17.1 Å². The largest absolute Gasteiger partial charge is 0.507 e. The number of nitrogens with one attached hydrogen (secondary N) is 1. The van der Waals surface area contributed by atoms with Crippen LogP contribution in [0, 0.1) is 11.7 Å². The van der Waals surface area contributed by atoms with Gasteiger partial charge in [-0.3, -0.25) is 4.79 Å². The fraction of sp³-hybridized carbons (Fsp3) is 0.385. The molecule has 0 aliphatic heterocycles. The Hall–Kier alpha value is -1.69. The molecule has 2 unspecified atom stereocenters. The third kappa shape index (κ3) is 2.84. The first-order valence-electron chi connectivity index (χ1n) is 6.08. The minimum Gasteiger partial charge on any atom is -0.507 e. The average Bonchev–Trinajstić information content (AvgIpc) is 2.76. The van der Waals surface area contributed by atoms with Crippen molar-refractivity contribution in [1.29, 1.82) is 0 Å². The molecule has 1 aliphatic rings. The molecule has 1 fully saturated rings. The van der Waals surface area contributed by atoms with Crippen LogP contribution in [0.2, 0.25) is 0 Å². The van der Waals surface area contributed by atoms with Crippen molar-refractivity contribution in [3.63, 3.8) is 0 Å². The highest BCUT2D eigenvalue weighted by atomic mass is 32.1. The quantitative estimate of drug-likeness (QED) is 0.738. The van der Waals surface area contributed by atoms with E-state index in [0.717, 1.165) is 25.3 Å². The number of thiocarbonyl (C=S) groups is 1. The Bertz CT molecular complexity index is 501. The Morgan fingerprint density at radius 1 is 1.47 bits per heavy atom. The lowest BCUT2D eigenvalue weighted by atomic mass is 10.0. The second-order valence-electron chi connectivity index (χ2n) is 4.65. The van der Waals surface area contributed by atoms with E-state index < -0.39 is 11.7 Å². The summed E-state index contributed by atoms with van der Waals surface area (Å²) in [5.41, 5.74) is 5.28. The first kappa shape index (κ1) is 13.7. The number of halogens is 1. The monoisotopic (exact) mass is 282 g/mol. The molecule has 0 saturated heterocycles. The van der Waals surface area contributed by atoms with Crippen molar-refractivity contribution in [3.8, 4) is 5.75 Å². The second-order valence-corrected chi connectivity index (χ2v) is 5.13.